The first kappa shape index (κ1) is 11.5. The zero-order valence-corrected chi connectivity index (χ0v) is 11.3. The standard InChI is InChI=1S/C16H15N3O2/c20-15-13-9-3-4-10(12-6-11(9)12)14(13)16(21)19(15)18-7-8-2-1-5-17-8/h1-5,7,9-14,17H,6H2/b18-7-/t9-,10+,11-,12-,13+,14+/m1/s1. The second-order valence-electron chi connectivity index (χ2n) is 6.51. The Morgan fingerprint density at radius 1 is 1.14 bits per heavy atom. The van der Waals surface area contributed by atoms with Crippen LogP contribution in [0.3, 0.4) is 0 Å². The number of rotatable bonds is 2. The minimum atomic E-state index is -0.169. The lowest BCUT2D eigenvalue weighted by Gasteiger charge is -2.37. The topological polar surface area (TPSA) is 65.5 Å². The van der Waals surface area contributed by atoms with E-state index in [0.717, 1.165) is 10.7 Å². The lowest BCUT2D eigenvalue weighted by atomic mass is 9.63. The van der Waals surface area contributed by atoms with E-state index >= 15 is 0 Å². The first-order valence-corrected chi connectivity index (χ1v) is 7.49. The summed E-state index contributed by atoms with van der Waals surface area (Å²) in [5.41, 5.74) is 0.786. The van der Waals surface area contributed by atoms with Crippen molar-refractivity contribution in [3.05, 3.63) is 36.2 Å². The van der Waals surface area contributed by atoms with Gasteiger partial charge in [-0.3, -0.25) is 9.59 Å². The molecule has 1 N–H and O–H groups in total. The van der Waals surface area contributed by atoms with Crippen molar-refractivity contribution in [3.8, 4) is 0 Å². The fraction of sp³-hybridized carbons (Fsp3) is 0.438. The van der Waals surface area contributed by atoms with Crippen LogP contribution in [0.15, 0.2) is 35.6 Å². The van der Waals surface area contributed by atoms with Gasteiger partial charge in [-0.25, -0.2) is 0 Å². The quantitative estimate of drug-likeness (QED) is 0.506. The van der Waals surface area contributed by atoms with Crippen molar-refractivity contribution in [1.29, 1.82) is 0 Å². The van der Waals surface area contributed by atoms with E-state index in [9.17, 15) is 9.59 Å². The summed E-state index contributed by atoms with van der Waals surface area (Å²) >= 11 is 0. The number of aromatic amines is 1. The molecule has 1 aromatic heterocycles. The number of aromatic nitrogens is 1. The van der Waals surface area contributed by atoms with Gasteiger partial charge in [0.25, 0.3) is 11.8 Å². The number of allylic oxidation sites excluding steroid dienone is 2. The van der Waals surface area contributed by atoms with E-state index in [-0.39, 0.29) is 35.5 Å². The van der Waals surface area contributed by atoms with Crippen LogP contribution in [0.1, 0.15) is 12.1 Å². The number of hydrogen-bond acceptors (Lipinski definition) is 3. The third kappa shape index (κ3) is 1.38. The van der Waals surface area contributed by atoms with Gasteiger partial charge in [-0.15, -0.1) is 0 Å². The fourth-order valence-corrected chi connectivity index (χ4v) is 4.60. The van der Waals surface area contributed by atoms with Gasteiger partial charge in [0.2, 0.25) is 0 Å². The third-order valence-electron chi connectivity index (χ3n) is 5.57. The predicted molar refractivity (Wildman–Crippen MR) is 74.9 cm³/mol. The largest absolute Gasteiger partial charge is 0.360 e. The van der Waals surface area contributed by atoms with Crippen molar-refractivity contribution < 1.29 is 9.59 Å². The Morgan fingerprint density at radius 3 is 2.38 bits per heavy atom. The van der Waals surface area contributed by atoms with Crippen molar-refractivity contribution in [1.82, 2.24) is 9.99 Å². The summed E-state index contributed by atoms with van der Waals surface area (Å²) in [5.74, 6) is 1.21. The molecule has 0 aromatic carbocycles. The van der Waals surface area contributed by atoms with E-state index in [1.807, 2.05) is 12.1 Å². The Kier molecular flexibility index (Phi) is 2.04. The van der Waals surface area contributed by atoms with E-state index in [2.05, 4.69) is 22.2 Å². The SMILES string of the molecule is O=C1[C@H]2[C@@H]3C=C[C@@H]([C@H]4C[C@H]34)[C@@H]2C(=O)N1/N=C\c1ccc[nH]1. The molecule has 106 valence electrons. The van der Waals surface area contributed by atoms with Gasteiger partial charge in [0.15, 0.2) is 0 Å². The number of nitrogens with one attached hydrogen (secondary N) is 1. The average molecular weight is 281 g/mol. The van der Waals surface area contributed by atoms with Gasteiger partial charge in [-0.1, -0.05) is 12.2 Å². The van der Waals surface area contributed by atoms with E-state index in [1.54, 1.807) is 12.4 Å². The number of hydrazone groups is 1. The summed E-state index contributed by atoms with van der Waals surface area (Å²) in [6.45, 7) is 0. The Hall–Kier alpha value is -2.17. The van der Waals surface area contributed by atoms with E-state index in [0.29, 0.717) is 11.8 Å². The number of amides is 2. The molecule has 6 rings (SSSR count). The number of imide groups is 1. The van der Waals surface area contributed by atoms with Crippen LogP contribution in [0.25, 0.3) is 0 Å². The highest BCUT2D eigenvalue weighted by Gasteiger charge is 2.67. The third-order valence-corrected chi connectivity index (χ3v) is 5.57. The first-order chi connectivity index (χ1) is 10.3. The van der Waals surface area contributed by atoms with Crippen LogP contribution in [0.2, 0.25) is 0 Å². The lowest BCUT2D eigenvalue weighted by Crippen LogP contribution is -2.40. The van der Waals surface area contributed by atoms with Crippen LogP contribution in [-0.4, -0.2) is 28.0 Å². The van der Waals surface area contributed by atoms with Crippen molar-refractivity contribution in [2.24, 2.45) is 40.6 Å². The predicted octanol–water partition coefficient (Wildman–Crippen LogP) is 1.40. The summed E-state index contributed by atoms with van der Waals surface area (Å²) in [7, 11) is 0. The molecule has 21 heavy (non-hydrogen) atoms. The number of carbonyl (C=O) groups is 2. The molecule has 1 aliphatic heterocycles. The summed E-state index contributed by atoms with van der Waals surface area (Å²) in [4.78, 5) is 28.2. The van der Waals surface area contributed by atoms with Crippen LogP contribution < -0.4 is 0 Å². The summed E-state index contributed by atoms with van der Waals surface area (Å²) in [5, 5.41) is 5.24. The minimum Gasteiger partial charge on any atom is -0.360 e. The maximum Gasteiger partial charge on any atom is 0.254 e. The van der Waals surface area contributed by atoms with Crippen LogP contribution in [0.4, 0.5) is 0 Å². The van der Waals surface area contributed by atoms with Gasteiger partial charge in [-0.2, -0.15) is 10.1 Å². The Bertz CT molecular complexity index is 654. The van der Waals surface area contributed by atoms with E-state index in [4.69, 9.17) is 0 Å². The van der Waals surface area contributed by atoms with Gasteiger partial charge < -0.3 is 4.98 Å². The maximum absolute atomic E-state index is 12.6. The Morgan fingerprint density at radius 2 is 1.81 bits per heavy atom. The van der Waals surface area contributed by atoms with Gasteiger partial charge in [-0.05, 0) is 42.2 Å². The summed E-state index contributed by atoms with van der Waals surface area (Å²) < 4.78 is 0. The molecule has 0 spiro atoms. The van der Waals surface area contributed by atoms with E-state index < -0.39 is 0 Å². The first-order valence-electron chi connectivity index (χ1n) is 7.49. The minimum absolute atomic E-state index is 0.113. The highest BCUT2D eigenvalue weighted by Crippen LogP contribution is 2.65. The number of hydrogen-bond donors (Lipinski definition) is 1. The number of carbonyl (C=O) groups excluding carboxylic acids is 2. The van der Waals surface area contributed by atoms with Crippen molar-refractivity contribution in [3.63, 3.8) is 0 Å². The van der Waals surface area contributed by atoms with Gasteiger partial charge in [0.05, 0.1) is 23.7 Å². The van der Waals surface area contributed by atoms with Crippen molar-refractivity contribution >= 4 is 18.0 Å². The highest BCUT2D eigenvalue weighted by molar-refractivity contribution is 6.06. The summed E-state index contributed by atoms with van der Waals surface area (Å²) in [6.07, 6.45) is 8.85. The van der Waals surface area contributed by atoms with Crippen LogP contribution in [-0.2, 0) is 9.59 Å². The van der Waals surface area contributed by atoms with Gasteiger partial charge in [0.1, 0.15) is 0 Å². The average Bonchev–Trinajstić information content (AvgIpc) is 3.10. The normalized spacial score (nSPS) is 42.8. The zero-order chi connectivity index (χ0) is 14.1. The van der Waals surface area contributed by atoms with Gasteiger partial charge >= 0.3 is 0 Å². The number of H-pyrrole nitrogens is 1. The second-order valence-corrected chi connectivity index (χ2v) is 6.51. The molecule has 0 radical (unpaired) electrons. The molecule has 5 aliphatic rings. The summed E-state index contributed by atoms with van der Waals surface area (Å²) in [6, 6.07) is 3.70. The Balaban J connectivity index is 1.48. The van der Waals surface area contributed by atoms with Gasteiger partial charge in [0, 0.05) is 6.20 Å². The molecule has 6 atom stereocenters. The van der Waals surface area contributed by atoms with E-state index in [1.165, 1.54) is 6.42 Å². The fourth-order valence-electron chi connectivity index (χ4n) is 4.60. The van der Waals surface area contributed by atoms with Crippen molar-refractivity contribution in [2.45, 2.75) is 6.42 Å². The molecule has 2 bridgehead atoms. The van der Waals surface area contributed by atoms with Crippen LogP contribution in [0.5, 0.6) is 0 Å². The second kappa shape index (κ2) is 3.72. The highest BCUT2D eigenvalue weighted by atomic mass is 16.2. The molecule has 1 saturated heterocycles. The molecule has 0 unspecified atom stereocenters. The zero-order valence-electron chi connectivity index (χ0n) is 11.3. The van der Waals surface area contributed by atoms with Crippen LogP contribution in [0, 0.1) is 35.5 Å². The molecule has 3 fully saturated rings. The molecule has 2 amide bonds. The molecule has 1 aromatic rings. The smallest absolute Gasteiger partial charge is 0.254 e. The molecule has 2 saturated carbocycles. The Labute approximate surface area is 121 Å². The number of nitrogens with zero attached hydrogens (tertiary/aromatic N) is 2. The molecular weight excluding hydrogens is 266 g/mol. The monoisotopic (exact) mass is 281 g/mol. The molecule has 2 heterocycles. The van der Waals surface area contributed by atoms with Crippen molar-refractivity contribution in [2.75, 3.05) is 0 Å². The lowest BCUT2D eigenvalue weighted by molar-refractivity contribution is -0.140. The van der Waals surface area contributed by atoms with Crippen LogP contribution >= 0.6 is 0 Å². The molecule has 4 aliphatic carbocycles. The molecular formula is C16H15N3O2. The molecule has 5 nitrogen and oxygen atoms in total. The molecule has 5 heteroatoms. The maximum atomic E-state index is 12.6.